The molecule has 1 aromatic heterocycles. The number of aliphatic carboxylic acids is 1. The largest absolute Gasteiger partial charge is 0.481 e. The van der Waals surface area contributed by atoms with E-state index < -0.39 is 11.4 Å². The number of hydrogen-bond acceptors (Lipinski definition) is 5. The highest BCUT2D eigenvalue weighted by molar-refractivity contribution is 5.73. The standard InChI is InChI=1S/C13H21N3O4/c1-13(2,12(18)19)9-16-11(17)7-10(8-14-16)15(3)5-6-20-4/h7-8H,5-6,9H2,1-4H3,(H,18,19). The molecule has 1 aromatic rings. The third-order valence-electron chi connectivity index (χ3n) is 3.05. The predicted molar refractivity (Wildman–Crippen MR) is 75.1 cm³/mol. The van der Waals surface area contributed by atoms with Gasteiger partial charge in [0.25, 0.3) is 5.56 Å². The van der Waals surface area contributed by atoms with Gasteiger partial charge in [-0.2, -0.15) is 5.10 Å². The lowest BCUT2D eigenvalue weighted by Crippen LogP contribution is -2.35. The zero-order chi connectivity index (χ0) is 15.3. The summed E-state index contributed by atoms with van der Waals surface area (Å²) in [5, 5.41) is 13.1. The minimum atomic E-state index is -1.04. The average molecular weight is 283 g/mol. The van der Waals surface area contributed by atoms with Crippen molar-refractivity contribution < 1.29 is 14.6 Å². The smallest absolute Gasteiger partial charge is 0.310 e. The molecule has 0 aliphatic carbocycles. The number of methoxy groups -OCH3 is 1. The molecule has 7 nitrogen and oxygen atoms in total. The van der Waals surface area contributed by atoms with Crippen LogP contribution in [0.25, 0.3) is 0 Å². The lowest BCUT2D eigenvalue weighted by molar-refractivity contribution is -0.147. The summed E-state index contributed by atoms with van der Waals surface area (Å²) in [7, 11) is 3.44. The van der Waals surface area contributed by atoms with Gasteiger partial charge in [-0.1, -0.05) is 0 Å². The summed E-state index contributed by atoms with van der Waals surface area (Å²) in [4.78, 5) is 24.9. The van der Waals surface area contributed by atoms with Gasteiger partial charge >= 0.3 is 5.97 Å². The first-order valence-corrected chi connectivity index (χ1v) is 6.28. The minimum Gasteiger partial charge on any atom is -0.481 e. The van der Waals surface area contributed by atoms with Crippen molar-refractivity contribution in [3.8, 4) is 0 Å². The number of likely N-dealkylation sites (N-methyl/N-ethyl adjacent to an activating group) is 1. The van der Waals surface area contributed by atoms with E-state index in [1.54, 1.807) is 27.2 Å². The molecule has 0 atom stereocenters. The number of ether oxygens (including phenoxy) is 1. The summed E-state index contributed by atoms with van der Waals surface area (Å²) in [6, 6.07) is 1.45. The fourth-order valence-electron chi connectivity index (χ4n) is 1.55. The Hall–Kier alpha value is -1.89. The monoisotopic (exact) mass is 283 g/mol. The molecule has 0 aliphatic rings. The normalized spacial score (nSPS) is 11.4. The van der Waals surface area contributed by atoms with Crippen molar-refractivity contribution in [1.29, 1.82) is 0 Å². The molecular formula is C13H21N3O4. The van der Waals surface area contributed by atoms with Crippen molar-refractivity contribution in [3.05, 3.63) is 22.6 Å². The number of carboxylic acid groups (broad SMARTS) is 1. The Morgan fingerprint density at radius 1 is 1.55 bits per heavy atom. The van der Waals surface area contributed by atoms with E-state index in [-0.39, 0.29) is 12.1 Å². The van der Waals surface area contributed by atoms with Gasteiger partial charge in [0.2, 0.25) is 0 Å². The molecule has 0 aliphatic heterocycles. The van der Waals surface area contributed by atoms with Gasteiger partial charge in [0.1, 0.15) is 0 Å². The van der Waals surface area contributed by atoms with Crippen LogP contribution in [0.3, 0.4) is 0 Å². The second kappa shape index (κ2) is 6.51. The third kappa shape index (κ3) is 4.06. The van der Waals surface area contributed by atoms with E-state index in [1.165, 1.54) is 10.7 Å². The number of aromatic nitrogens is 2. The Labute approximate surface area is 117 Å². The number of anilines is 1. The van der Waals surface area contributed by atoms with Crippen molar-refractivity contribution in [2.75, 3.05) is 32.2 Å². The van der Waals surface area contributed by atoms with Crippen LogP contribution >= 0.6 is 0 Å². The van der Waals surface area contributed by atoms with Crippen LogP contribution in [0, 0.1) is 5.41 Å². The minimum absolute atomic E-state index is 0.0310. The maximum absolute atomic E-state index is 12.0. The van der Waals surface area contributed by atoms with Crippen molar-refractivity contribution in [2.45, 2.75) is 20.4 Å². The first-order chi connectivity index (χ1) is 9.27. The number of carbonyl (C=O) groups is 1. The third-order valence-corrected chi connectivity index (χ3v) is 3.05. The highest BCUT2D eigenvalue weighted by atomic mass is 16.5. The Morgan fingerprint density at radius 3 is 2.70 bits per heavy atom. The fourth-order valence-corrected chi connectivity index (χ4v) is 1.55. The predicted octanol–water partition coefficient (Wildman–Crippen LogP) is 0.437. The molecule has 112 valence electrons. The van der Waals surface area contributed by atoms with Crippen LogP contribution in [0.2, 0.25) is 0 Å². The molecule has 0 spiro atoms. The molecule has 7 heteroatoms. The van der Waals surface area contributed by atoms with E-state index >= 15 is 0 Å². The molecule has 0 fully saturated rings. The quantitative estimate of drug-likeness (QED) is 0.781. The molecule has 0 unspecified atom stereocenters. The van der Waals surface area contributed by atoms with Crippen molar-refractivity contribution >= 4 is 11.7 Å². The topological polar surface area (TPSA) is 84.7 Å². The van der Waals surface area contributed by atoms with Crippen LogP contribution in [0.4, 0.5) is 5.69 Å². The van der Waals surface area contributed by atoms with Crippen LogP contribution < -0.4 is 10.5 Å². The summed E-state index contributed by atoms with van der Waals surface area (Å²) >= 11 is 0. The molecule has 0 radical (unpaired) electrons. The summed E-state index contributed by atoms with van der Waals surface area (Å²) < 4.78 is 6.14. The SMILES string of the molecule is COCCN(C)c1cnn(CC(C)(C)C(=O)O)c(=O)c1. The lowest BCUT2D eigenvalue weighted by atomic mass is 9.94. The van der Waals surface area contributed by atoms with Gasteiger partial charge in [-0.25, -0.2) is 4.68 Å². The summed E-state index contributed by atoms with van der Waals surface area (Å²) in [5.74, 6) is -0.965. The molecule has 20 heavy (non-hydrogen) atoms. The van der Waals surface area contributed by atoms with E-state index in [0.29, 0.717) is 18.8 Å². The molecule has 0 saturated heterocycles. The molecule has 0 aromatic carbocycles. The molecular weight excluding hydrogens is 262 g/mol. The lowest BCUT2D eigenvalue weighted by Gasteiger charge is -2.21. The average Bonchev–Trinajstić information content (AvgIpc) is 2.37. The van der Waals surface area contributed by atoms with Crippen molar-refractivity contribution in [3.63, 3.8) is 0 Å². The Morgan fingerprint density at radius 2 is 2.20 bits per heavy atom. The van der Waals surface area contributed by atoms with E-state index in [2.05, 4.69) is 5.10 Å². The number of nitrogens with zero attached hydrogens (tertiary/aromatic N) is 3. The molecule has 1 heterocycles. The van der Waals surface area contributed by atoms with Gasteiger partial charge in [0.05, 0.1) is 30.5 Å². The van der Waals surface area contributed by atoms with Gasteiger partial charge in [0.15, 0.2) is 0 Å². The number of rotatable bonds is 7. The van der Waals surface area contributed by atoms with E-state index in [1.807, 2.05) is 11.9 Å². The van der Waals surface area contributed by atoms with Gasteiger partial charge in [0, 0.05) is 26.8 Å². The highest BCUT2D eigenvalue weighted by Gasteiger charge is 2.28. The van der Waals surface area contributed by atoms with Crippen LogP contribution in [0.5, 0.6) is 0 Å². The van der Waals surface area contributed by atoms with Gasteiger partial charge in [-0.15, -0.1) is 0 Å². The second-order valence-electron chi connectivity index (χ2n) is 5.31. The molecule has 1 rings (SSSR count). The van der Waals surface area contributed by atoms with Crippen LogP contribution in [-0.2, 0) is 16.1 Å². The van der Waals surface area contributed by atoms with Crippen molar-refractivity contribution in [1.82, 2.24) is 9.78 Å². The molecule has 0 amide bonds. The first-order valence-electron chi connectivity index (χ1n) is 6.28. The summed E-state index contributed by atoms with van der Waals surface area (Å²) in [6.45, 7) is 4.33. The van der Waals surface area contributed by atoms with E-state index in [4.69, 9.17) is 9.84 Å². The van der Waals surface area contributed by atoms with Gasteiger partial charge in [-0.3, -0.25) is 9.59 Å². The first kappa shape index (κ1) is 16.2. The van der Waals surface area contributed by atoms with Gasteiger partial charge in [-0.05, 0) is 13.8 Å². The number of hydrogen-bond donors (Lipinski definition) is 1. The maximum atomic E-state index is 12.0. The van der Waals surface area contributed by atoms with Crippen LogP contribution in [0.15, 0.2) is 17.1 Å². The van der Waals surface area contributed by atoms with Crippen LogP contribution in [-0.4, -0.2) is 48.2 Å². The van der Waals surface area contributed by atoms with E-state index in [9.17, 15) is 9.59 Å². The Bertz CT molecular complexity index is 525. The summed E-state index contributed by atoms with van der Waals surface area (Å²) in [6.07, 6.45) is 1.55. The second-order valence-corrected chi connectivity index (χ2v) is 5.31. The van der Waals surface area contributed by atoms with E-state index in [0.717, 1.165) is 0 Å². The zero-order valence-electron chi connectivity index (χ0n) is 12.3. The molecule has 0 saturated carbocycles. The molecule has 1 N–H and O–H groups in total. The van der Waals surface area contributed by atoms with Gasteiger partial charge < -0.3 is 14.7 Å². The maximum Gasteiger partial charge on any atom is 0.310 e. The Kier molecular flexibility index (Phi) is 5.26. The Balaban J connectivity index is 2.89. The number of carboxylic acids is 1. The summed E-state index contributed by atoms with van der Waals surface area (Å²) in [5.41, 5.74) is -0.683. The fraction of sp³-hybridized carbons (Fsp3) is 0.615. The van der Waals surface area contributed by atoms with Crippen molar-refractivity contribution in [2.24, 2.45) is 5.41 Å². The van der Waals surface area contributed by atoms with Crippen LogP contribution in [0.1, 0.15) is 13.8 Å². The highest BCUT2D eigenvalue weighted by Crippen LogP contribution is 2.17. The molecule has 0 bridgehead atoms. The zero-order valence-corrected chi connectivity index (χ0v) is 12.3.